The Hall–Kier alpha value is -1.95. The number of carbonyl (C=O) groups is 1. The van der Waals surface area contributed by atoms with Gasteiger partial charge in [-0.1, -0.05) is 6.08 Å². The summed E-state index contributed by atoms with van der Waals surface area (Å²) in [5, 5.41) is 5.66. The molecule has 1 amide bonds. The Labute approximate surface area is 106 Å². The number of nitrogens with zero attached hydrogens (tertiary/aromatic N) is 2. The first-order valence-corrected chi connectivity index (χ1v) is 5.65. The summed E-state index contributed by atoms with van der Waals surface area (Å²) >= 11 is 0. The average molecular weight is 250 g/mol. The molecule has 1 heterocycles. The highest BCUT2D eigenvalue weighted by Gasteiger charge is 2.09. The van der Waals surface area contributed by atoms with Crippen molar-refractivity contribution in [2.45, 2.75) is 6.92 Å². The molecule has 0 aromatic carbocycles. The van der Waals surface area contributed by atoms with Crippen molar-refractivity contribution in [3.8, 4) is 0 Å². The van der Waals surface area contributed by atoms with Gasteiger partial charge in [0.1, 0.15) is 5.69 Å². The summed E-state index contributed by atoms with van der Waals surface area (Å²) in [5.74, 6) is 0.186. The minimum atomic E-state index is -0.237. The van der Waals surface area contributed by atoms with Gasteiger partial charge in [-0.3, -0.25) is 4.79 Å². The van der Waals surface area contributed by atoms with Crippen molar-refractivity contribution in [3.05, 3.63) is 30.1 Å². The molecule has 0 unspecified atom stereocenters. The van der Waals surface area contributed by atoms with Crippen LogP contribution in [0.25, 0.3) is 0 Å². The molecule has 1 aromatic heterocycles. The minimum Gasteiger partial charge on any atom is -0.383 e. The molecule has 0 aliphatic heterocycles. The first-order valence-electron chi connectivity index (χ1n) is 5.65. The first kappa shape index (κ1) is 14.1. The highest BCUT2D eigenvalue weighted by Crippen LogP contribution is 2.04. The Balaban J connectivity index is 2.71. The third kappa shape index (κ3) is 4.50. The van der Waals surface area contributed by atoms with E-state index < -0.39 is 0 Å². The van der Waals surface area contributed by atoms with Crippen molar-refractivity contribution in [2.75, 3.05) is 32.1 Å². The van der Waals surface area contributed by atoms with E-state index in [4.69, 9.17) is 4.74 Å². The Kier molecular flexibility index (Phi) is 5.79. The van der Waals surface area contributed by atoms with Crippen LogP contribution in [0.1, 0.15) is 16.2 Å². The van der Waals surface area contributed by atoms with E-state index in [0.29, 0.717) is 31.3 Å². The lowest BCUT2D eigenvalue weighted by atomic mass is 10.3. The Morgan fingerprint density at radius 1 is 1.56 bits per heavy atom. The summed E-state index contributed by atoms with van der Waals surface area (Å²) in [6, 6.07) is 1.64. The number of anilines is 1. The number of hydrogen-bond acceptors (Lipinski definition) is 5. The van der Waals surface area contributed by atoms with Gasteiger partial charge in [0.05, 0.1) is 6.61 Å². The van der Waals surface area contributed by atoms with E-state index >= 15 is 0 Å². The summed E-state index contributed by atoms with van der Waals surface area (Å²) in [5.41, 5.74) is 1.07. The molecule has 0 atom stereocenters. The molecule has 0 radical (unpaired) electrons. The zero-order valence-corrected chi connectivity index (χ0v) is 10.7. The second-order valence-corrected chi connectivity index (χ2v) is 3.64. The largest absolute Gasteiger partial charge is 0.383 e. The lowest BCUT2D eigenvalue weighted by Gasteiger charge is -2.07. The Morgan fingerprint density at radius 2 is 2.33 bits per heavy atom. The number of hydrogen-bond donors (Lipinski definition) is 2. The Bertz CT molecular complexity index is 421. The second-order valence-electron chi connectivity index (χ2n) is 3.64. The number of aryl methyl sites for hydroxylation is 1. The molecular weight excluding hydrogens is 232 g/mol. The third-order valence-corrected chi connectivity index (χ3v) is 2.08. The van der Waals surface area contributed by atoms with Crippen LogP contribution in [0.4, 0.5) is 5.95 Å². The predicted molar refractivity (Wildman–Crippen MR) is 69.7 cm³/mol. The molecule has 6 heteroatoms. The van der Waals surface area contributed by atoms with E-state index in [2.05, 4.69) is 27.2 Å². The van der Waals surface area contributed by atoms with Gasteiger partial charge in [-0.2, -0.15) is 0 Å². The van der Waals surface area contributed by atoms with Crippen molar-refractivity contribution in [3.63, 3.8) is 0 Å². The van der Waals surface area contributed by atoms with E-state index in [1.807, 2.05) is 6.92 Å². The SMILES string of the molecule is C=CCNc1nc(C)cc(C(=O)NCCOC)n1. The normalized spacial score (nSPS) is 9.89. The molecule has 0 aliphatic rings. The molecule has 0 spiro atoms. The van der Waals surface area contributed by atoms with Crippen molar-refractivity contribution in [2.24, 2.45) is 0 Å². The van der Waals surface area contributed by atoms with E-state index in [1.165, 1.54) is 0 Å². The van der Waals surface area contributed by atoms with Gasteiger partial charge in [0.2, 0.25) is 5.95 Å². The molecule has 0 fully saturated rings. The van der Waals surface area contributed by atoms with Crippen LogP contribution in [-0.4, -0.2) is 42.7 Å². The van der Waals surface area contributed by atoms with Crippen LogP contribution in [0.5, 0.6) is 0 Å². The first-order chi connectivity index (χ1) is 8.67. The molecule has 2 N–H and O–H groups in total. The van der Waals surface area contributed by atoms with Gasteiger partial charge < -0.3 is 15.4 Å². The summed E-state index contributed by atoms with van der Waals surface area (Å²) in [6.45, 7) is 6.88. The summed E-state index contributed by atoms with van der Waals surface area (Å²) in [4.78, 5) is 20.1. The maximum absolute atomic E-state index is 11.8. The lowest BCUT2D eigenvalue weighted by Crippen LogP contribution is -2.28. The van der Waals surface area contributed by atoms with Crippen molar-refractivity contribution in [1.29, 1.82) is 0 Å². The van der Waals surface area contributed by atoms with Crippen LogP contribution in [0.15, 0.2) is 18.7 Å². The topological polar surface area (TPSA) is 76.1 Å². The number of ether oxygens (including phenoxy) is 1. The monoisotopic (exact) mass is 250 g/mol. The van der Waals surface area contributed by atoms with E-state index in [1.54, 1.807) is 19.3 Å². The zero-order chi connectivity index (χ0) is 13.4. The van der Waals surface area contributed by atoms with Gasteiger partial charge in [-0.05, 0) is 13.0 Å². The van der Waals surface area contributed by atoms with Crippen molar-refractivity contribution >= 4 is 11.9 Å². The van der Waals surface area contributed by atoms with Gasteiger partial charge in [0, 0.05) is 25.9 Å². The van der Waals surface area contributed by atoms with E-state index in [0.717, 1.165) is 5.69 Å². The smallest absolute Gasteiger partial charge is 0.270 e. The fraction of sp³-hybridized carbons (Fsp3) is 0.417. The van der Waals surface area contributed by atoms with E-state index in [-0.39, 0.29) is 5.91 Å². The molecule has 98 valence electrons. The number of aromatic nitrogens is 2. The maximum Gasteiger partial charge on any atom is 0.270 e. The van der Waals surface area contributed by atoms with Crippen molar-refractivity contribution < 1.29 is 9.53 Å². The molecule has 18 heavy (non-hydrogen) atoms. The molecular formula is C12H18N4O2. The van der Waals surface area contributed by atoms with Gasteiger partial charge in [-0.15, -0.1) is 6.58 Å². The fourth-order valence-corrected chi connectivity index (χ4v) is 1.28. The van der Waals surface area contributed by atoms with Crippen molar-refractivity contribution in [1.82, 2.24) is 15.3 Å². The van der Waals surface area contributed by atoms with Crippen LogP contribution >= 0.6 is 0 Å². The number of carbonyl (C=O) groups excluding carboxylic acids is 1. The predicted octanol–water partition coefficient (Wildman–Crippen LogP) is 0.759. The van der Waals surface area contributed by atoms with Gasteiger partial charge in [-0.25, -0.2) is 9.97 Å². The van der Waals surface area contributed by atoms with Crippen LogP contribution in [0.2, 0.25) is 0 Å². The molecule has 1 rings (SSSR count). The number of amides is 1. The summed E-state index contributed by atoms with van der Waals surface area (Å²) in [6.07, 6.45) is 1.70. The molecule has 6 nitrogen and oxygen atoms in total. The highest BCUT2D eigenvalue weighted by atomic mass is 16.5. The van der Waals surface area contributed by atoms with Gasteiger partial charge in [0.25, 0.3) is 5.91 Å². The van der Waals surface area contributed by atoms with Crippen LogP contribution in [0.3, 0.4) is 0 Å². The molecule has 1 aromatic rings. The third-order valence-electron chi connectivity index (χ3n) is 2.08. The number of rotatable bonds is 7. The average Bonchev–Trinajstić information content (AvgIpc) is 2.36. The van der Waals surface area contributed by atoms with Gasteiger partial charge in [0.15, 0.2) is 0 Å². The zero-order valence-electron chi connectivity index (χ0n) is 10.7. The minimum absolute atomic E-state index is 0.237. The molecule has 0 saturated heterocycles. The van der Waals surface area contributed by atoms with Crippen LogP contribution in [0, 0.1) is 6.92 Å². The fourth-order valence-electron chi connectivity index (χ4n) is 1.28. The lowest BCUT2D eigenvalue weighted by molar-refractivity contribution is 0.0932. The van der Waals surface area contributed by atoms with Crippen LogP contribution < -0.4 is 10.6 Å². The molecule has 0 bridgehead atoms. The molecule has 0 aliphatic carbocycles. The Morgan fingerprint density at radius 3 is 3.00 bits per heavy atom. The summed E-state index contributed by atoms with van der Waals surface area (Å²) < 4.78 is 4.86. The quantitative estimate of drug-likeness (QED) is 0.552. The maximum atomic E-state index is 11.8. The molecule has 0 saturated carbocycles. The van der Waals surface area contributed by atoms with Gasteiger partial charge >= 0.3 is 0 Å². The van der Waals surface area contributed by atoms with E-state index in [9.17, 15) is 4.79 Å². The summed E-state index contributed by atoms with van der Waals surface area (Å²) in [7, 11) is 1.58. The second kappa shape index (κ2) is 7.39. The number of methoxy groups -OCH3 is 1. The highest BCUT2D eigenvalue weighted by molar-refractivity contribution is 5.92. The standard InChI is InChI=1S/C12H18N4O2/c1-4-5-14-12-15-9(2)8-10(16-12)11(17)13-6-7-18-3/h4,8H,1,5-7H2,2-3H3,(H,13,17)(H,14,15,16). The number of nitrogens with one attached hydrogen (secondary N) is 2. The van der Waals surface area contributed by atoms with Crippen LogP contribution in [-0.2, 0) is 4.74 Å².